The van der Waals surface area contributed by atoms with Crippen molar-refractivity contribution < 1.29 is 19.8 Å². The van der Waals surface area contributed by atoms with Gasteiger partial charge in [0.2, 0.25) is 0 Å². The molecule has 2 rings (SSSR count). The van der Waals surface area contributed by atoms with Gasteiger partial charge in [-0.15, -0.1) is 0 Å². The normalized spacial score (nSPS) is 23.6. The van der Waals surface area contributed by atoms with Crippen molar-refractivity contribution in [1.29, 1.82) is 0 Å². The molecule has 1 aromatic carbocycles. The van der Waals surface area contributed by atoms with E-state index in [1.165, 1.54) is 10.5 Å². The average molecular weight is 322 g/mol. The first kappa shape index (κ1) is 18.2. The minimum atomic E-state index is -0.503. The summed E-state index contributed by atoms with van der Waals surface area (Å²) in [6, 6.07) is 6.26. The van der Waals surface area contributed by atoms with Gasteiger partial charge in [-0.25, -0.2) is 0 Å². The molecule has 0 spiro atoms. The smallest absolute Gasteiger partial charge is 0.137 e. The second-order valence-electron chi connectivity index (χ2n) is 7.90. The number of piperidine rings is 1. The van der Waals surface area contributed by atoms with Crippen LogP contribution >= 0.6 is 0 Å². The molecule has 0 amide bonds. The van der Waals surface area contributed by atoms with Gasteiger partial charge in [-0.2, -0.15) is 0 Å². The van der Waals surface area contributed by atoms with Gasteiger partial charge in [0.25, 0.3) is 0 Å². The SMILES string of the molecule is Cc1cc(C(C)(C)C)ccc1OC[C@@H](O)C[NH+]1CCC[C@H](O)C1. The summed E-state index contributed by atoms with van der Waals surface area (Å²) in [4.78, 5) is 1.26. The Morgan fingerprint density at radius 3 is 2.70 bits per heavy atom. The average Bonchev–Trinajstić information content (AvgIpc) is 2.45. The van der Waals surface area contributed by atoms with Crippen LogP contribution in [0.3, 0.4) is 0 Å². The molecule has 1 aromatic rings. The molecule has 3 N–H and O–H groups in total. The molecule has 1 aliphatic heterocycles. The van der Waals surface area contributed by atoms with Crippen LogP contribution in [0.4, 0.5) is 0 Å². The van der Waals surface area contributed by atoms with Crippen molar-refractivity contribution in [2.45, 2.75) is 58.2 Å². The van der Waals surface area contributed by atoms with Crippen LogP contribution in [0.1, 0.15) is 44.7 Å². The molecule has 0 saturated carbocycles. The minimum Gasteiger partial charge on any atom is -0.490 e. The number of ether oxygens (including phenoxy) is 1. The van der Waals surface area contributed by atoms with Gasteiger partial charge in [-0.05, 0) is 42.4 Å². The highest BCUT2D eigenvalue weighted by molar-refractivity contribution is 5.38. The largest absolute Gasteiger partial charge is 0.490 e. The Bertz CT molecular complexity index is 510. The molecular formula is C19H32NO3+. The van der Waals surface area contributed by atoms with Crippen molar-refractivity contribution in [2.75, 3.05) is 26.2 Å². The fourth-order valence-electron chi connectivity index (χ4n) is 3.17. The number of rotatable bonds is 5. The third-order valence-electron chi connectivity index (χ3n) is 4.59. The molecule has 4 heteroatoms. The molecular weight excluding hydrogens is 290 g/mol. The molecule has 130 valence electrons. The number of hydrogen-bond donors (Lipinski definition) is 3. The molecule has 0 aliphatic carbocycles. The fraction of sp³-hybridized carbons (Fsp3) is 0.684. The molecule has 1 aliphatic rings. The van der Waals surface area contributed by atoms with E-state index >= 15 is 0 Å². The van der Waals surface area contributed by atoms with Gasteiger partial charge in [0.1, 0.15) is 37.7 Å². The first-order chi connectivity index (χ1) is 10.8. The van der Waals surface area contributed by atoms with Gasteiger partial charge >= 0.3 is 0 Å². The van der Waals surface area contributed by atoms with E-state index in [0.717, 1.165) is 37.2 Å². The minimum absolute atomic E-state index is 0.126. The lowest BCUT2D eigenvalue weighted by molar-refractivity contribution is -0.911. The molecule has 23 heavy (non-hydrogen) atoms. The summed E-state index contributed by atoms with van der Waals surface area (Å²) >= 11 is 0. The Morgan fingerprint density at radius 1 is 1.35 bits per heavy atom. The summed E-state index contributed by atoms with van der Waals surface area (Å²) < 4.78 is 5.81. The third kappa shape index (κ3) is 5.48. The molecule has 4 nitrogen and oxygen atoms in total. The summed E-state index contributed by atoms with van der Waals surface area (Å²) in [6.45, 7) is 11.3. The van der Waals surface area contributed by atoms with Crippen LogP contribution < -0.4 is 9.64 Å². The van der Waals surface area contributed by atoms with Gasteiger partial charge in [0, 0.05) is 0 Å². The van der Waals surface area contributed by atoms with E-state index < -0.39 is 6.10 Å². The van der Waals surface area contributed by atoms with Crippen LogP contribution in [0.5, 0.6) is 5.75 Å². The summed E-state index contributed by atoms with van der Waals surface area (Å²) in [7, 11) is 0. The maximum atomic E-state index is 10.2. The highest BCUT2D eigenvalue weighted by atomic mass is 16.5. The Labute approximate surface area is 140 Å². The van der Waals surface area contributed by atoms with Gasteiger partial charge < -0.3 is 19.8 Å². The Morgan fingerprint density at radius 2 is 2.09 bits per heavy atom. The number of benzene rings is 1. The summed E-state index contributed by atoms with van der Waals surface area (Å²) in [5, 5.41) is 19.9. The van der Waals surface area contributed by atoms with E-state index in [4.69, 9.17) is 4.74 Å². The predicted molar refractivity (Wildman–Crippen MR) is 92.2 cm³/mol. The van der Waals surface area contributed by atoms with Crippen molar-refractivity contribution >= 4 is 0 Å². The first-order valence-electron chi connectivity index (χ1n) is 8.69. The van der Waals surface area contributed by atoms with Crippen LogP contribution in [-0.2, 0) is 5.41 Å². The first-order valence-corrected chi connectivity index (χ1v) is 8.69. The number of aryl methyl sites for hydroxylation is 1. The van der Waals surface area contributed by atoms with Crippen molar-refractivity contribution in [3.8, 4) is 5.75 Å². The Balaban J connectivity index is 1.85. The van der Waals surface area contributed by atoms with E-state index in [1.807, 2.05) is 13.0 Å². The van der Waals surface area contributed by atoms with E-state index in [1.54, 1.807) is 0 Å². The van der Waals surface area contributed by atoms with Crippen molar-refractivity contribution in [3.63, 3.8) is 0 Å². The van der Waals surface area contributed by atoms with Gasteiger partial charge in [0.15, 0.2) is 0 Å². The topological polar surface area (TPSA) is 54.1 Å². The number of aliphatic hydroxyl groups is 2. The maximum absolute atomic E-state index is 10.2. The van der Waals surface area contributed by atoms with Gasteiger partial charge in [-0.3, -0.25) is 0 Å². The van der Waals surface area contributed by atoms with Crippen molar-refractivity contribution in [3.05, 3.63) is 29.3 Å². The highest BCUT2D eigenvalue weighted by Crippen LogP contribution is 2.27. The summed E-state index contributed by atoms with van der Waals surface area (Å²) in [6.07, 6.45) is 1.18. The summed E-state index contributed by atoms with van der Waals surface area (Å²) in [5.41, 5.74) is 2.52. The molecule has 0 radical (unpaired) electrons. The fourth-order valence-corrected chi connectivity index (χ4v) is 3.17. The second kappa shape index (κ2) is 7.65. The molecule has 1 saturated heterocycles. The second-order valence-corrected chi connectivity index (χ2v) is 7.90. The van der Waals surface area contributed by atoms with Crippen molar-refractivity contribution in [2.24, 2.45) is 0 Å². The lowest BCUT2D eigenvalue weighted by atomic mass is 9.86. The van der Waals surface area contributed by atoms with Gasteiger partial charge in [-0.1, -0.05) is 32.9 Å². The van der Waals surface area contributed by atoms with Gasteiger partial charge in [0.05, 0.1) is 6.54 Å². The third-order valence-corrected chi connectivity index (χ3v) is 4.59. The highest BCUT2D eigenvalue weighted by Gasteiger charge is 2.23. The molecule has 3 atom stereocenters. The maximum Gasteiger partial charge on any atom is 0.137 e. The standard InChI is InChI=1S/C19H31NO3/c1-14-10-15(19(2,3)4)7-8-18(14)23-13-17(22)12-20-9-5-6-16(21)11-20/h7-8,10,16-17,21-22H,5-6,9,11-13H2,1-4H3/p+1/t16-,17-/m0/s1. The molecule has 0 bridgehead atoms. The van der Waals surface area contributed by atoms with Crippen molar-refractivity contribution in [1.82, 2.24) is 0 Å². The molecule has 1 unspecified atom stereocenters. The number of nitrogens with one attached hydrogen (secondary N) is 1. The quantitative estimate of drug-likeness (QED) is 0.760. The van der Waals surface area contributed by atoms with Crippen LogP contribution in [0.25, 0.3) is 0 Å². The zero-order valence-electron chi connectivity index (χ0n) is 14.9. The zero-order valence-corrected chi connectivity index (χ0v) is 14.9. The monoisotopic (exact) mass is 322 g/mol. The zero-order chi connectivity index (χ0) is 17.0. The van der Waals surface area contributed by atoms with E-state index in [0.29, 0.717) is 13.2 Å². The predicted octanol–water partition coefficient (Wildman–Crippen LogP) is 1.07. The number of quaternary nitrogens is 1. The lowest BCUT2D eigenvalue weighted by Crippen LogP contribution is -3.15. The van der Waals surface area contributed by atoms with E-state index in [2.05, 4.69) is 32.9 Å². The molecule has 1 heterocycles. The van der Waals surface area contributed by atoms with Crippen LogP contribution in [-0.4, -0.2) is 48.7 Å². The lowest BCUT2D eigenvalue weighted by Gasteiger charge is -2.28. The molecule has 1 fully saturated rings. The Kier molecular flexibility index (Phi) is 6.06. The van der Waals surface area contributed by atoms with Crippen LogP contribution in [0, 0.1) is 6.92 Å². The number of hydrogen-bond acceptors (Lipinski definition) is 3. The van der Waals surface area contributed by atoms with Crippen LogP contribution in [0.2, 0.25) is 0 Å². The molecule has 0 aromatic heterocycles. The number of likely N-dealkylation sites (tertiary alicyclic amines) is 1. The van der Waals surface area contributed by atoms with Crippen LogP contribution in [0.15, 0.2) is 18.2 Å². The van der Waals surface area contributed by atoms with E-state index in [-0.39, 0.29) is 11.5 Å². The Hall–Kier alpha value is -1.10. The van der Waals surface area contributed by atoms with E-state index in [9.17, 15) is 10.2 Å². The number of aliphatic hydroxyl groups excluding tert-OH is 2. The summed E-state index contributed by atoms with van der Waals surface area (Å²) in [5.74, 6) is 0.839.